The minimum Gasteiger partial charge on any atom is -0.323 e. The first-order chi connectivity index (χ1) is 13.1. The first kappa shape index (κ1) is 17.5. The van der Waals surface area contributed by atoms with E-state index in [1.165, 1.54) is 27.8 Å². The van der Waals surface area contributed by atoms with Gasteiger partial charge in [-0.25, -0.2) is 4.98 Å². The summed E-state index contributed by atoms with van der Waals surface area (Å²) >= 11 is 0. The summed E-state index contributed by atoms with van der Waals surface area (Å²) in [5.41, 5.74) is 7.62. The third-order valence-electron chi connectivity index (χ3n) is 5.33. The fraction of sp³-hybridized carbons (Fsp3) is 0.240. The van der Waals surface area contributed by atoms with Gasteiger partial charge in [0.1, 0.15) is 5.82 Å². The van der Waals surface area contributed by atoms with Crippen LogP contribution in [0, 0.1) is 6.92 Å². The molecule has 1 aromatic heterocycles. The summed E-state index contributed by atoms with van der Waals surface area (Å²) in [7, 11) is 0. The molecule has 3 aromatic carbocycles. The molecule has 0 aliphatic rings. The first-order valence-electron chi connectivity index (χ1n) is 9.69. The molecule has 0 aliphatic heterocycles. The number of benzene rings is 3. The van der Waals surface area contributed by atoms with E-state index in [2.05, 4.69) is 98.1 Å². The summed E-state index contributed by atoms with van der Waals surface area (Å²) in [6, 6.07) is 26.0. The lowest BCUT2D eigenvalue weighted by atomic mass is 10.0. The highest BCUT2D eigenvalue weighted by Gasteiger charge is 2.12. The smallest absolute Gasteiger partial charge is 0.114 e. The Morgan fingerprint density at radius 1 is 0.852 bits per heavy atom. The summed E-state index contributed by atoms with van der Waals surface area (Å²) in [4.78, 5) is 4.95. The van der Waals surface area contributed by atoms with Crippen molar-refractivity contribution in [3.8, 4) is 0 Å². The van der Waals surface area contributed by atoms with E-state index in [1.807, 2.05) is 0 Å². The van der Waals surface area contributed by atoms with E-state index < -0.39 is 0 Å². The molecule has 0 atom stereocenters. The average molecular weight is 354 g/mol. The molecule has 4 aromatic rings. The monoisotopic (exact) mass is 354 g/mol. The van der Waals surface area contributed by atoms with Crippen LogP contribution in [0.5, 0.6) is 0 Å². The average Bonchev–Trinajstić information content (AvgIpc) is 3.01. The number of imidazole rings is 1. The zero-order valence-corrected chi connectivity index (χ0v) is 16.3. The first-order valence-corrected chi connectivity index (χ1v) is 9.69. The third-order valence-corrected chi connectivity index (χ3v) is 5.33. The molecule has 4 rings (SSSR count). The molecular weight excluding hydrogens is 328 g/mol. The molecule has 0 saturated carbocycles. The second kappa shape index (κ2) is 7.40. The Morgan fingerprint density at radius 3 is 2.30 bits per heavy atom. The maximum Gasteiger partial charge on any atom is 0.114 e. The molecule has 0 saturated heterocycles. The third kappa shape index (κ3) is 3.66. The molecule has 0 amide bonds. The van der Waals surface area contributed by atoms with E-state index in [1.54, 1.807) is 0 Å². The van der Waals surface area contributed by atoms with Crippen molar-refractivity contribution in [3.63, 3.8) is 0 Å². The van der Waals surface area contributed by atoms with Crippen LogP contribution in [0.4, 0.5) is 0 Å². The van der Waals surface area contributed by atoms with Gasteiger partial charge in [0.05, 0.1) is 11.0 Å². The summed E-state index contributed by atoms with van der Waals surface area (Å²) in [6.45, 7) is 7.49. The zero-order chi connectivity index (χ0) is 18.8. The van der Waals surface area contributed by atoms with Crippen LogP contribution < -0.4 is 0 Å². The van der Waals surface area contributed by atoms with Crippen molar-refractivity contribution in [1.29, 1.82) is 0 Å². The van der Waals surface area contributed by atoms with Crippen molar-refractivity contribution in [1.82, 2.24) is 9.55 Å². The van der Waals surface area contributed by atoms with Gasteiger partial charge in [0.25, 0.3) is 0 Å². The highest BCUT2D eigenvalue weighted by Crippen LogP contribution is 2.22. The molecular formula is C25H26N2. The van der Waals surface area contributed by atoms with Gasteiger partial charge in [-0.1, -0.05) is 74.5 Å². The van der Waals surface area contributed by atoms with Gasteiger partial charge in [-0.05, 0) is 47.2 Å². The van der Waals surface area contributed by atoms with Crippen LogP contribution in [-0.2, 0) is 13.0 Å². The van der Waals surface area contributed by atoms with Gasteiger partial charge in [0.2, 0.25) is 0 Å². The highest BCUT2D eigenvalue weighted by molar-refractivity contribution is 5.76. The van der Waals surface area contributed by atoms with Crippen molar-refractivity contribution < 1.29 is 0 Å². The molecule has 0 aliphatic carbocycles. The van der Waals surface area contributed by atoms with Crippen LogP contribution in [0.25, 0.3) is 11.0 Å². The zero-order valence-electron chi connectivity index (χ0n) is 16.3. The molecule has 2 nitrogen and oxygen atoms in total. The van der Waals surface area contributed by atoms with E-state index in [9.17, 15) is 0 Å². The molecule has 1 heterocycles. The lowest BCUT2D eigenvalue weighted by molar-refractivity contribution is 0.759. The minimum atomic E-state index is 0.560. The van der Waals surface area contributed by atoms with Gasteiger partial charge in [-0.2, -0.15) is 0 Å². The Hall–Kier alpha value is -2.87. The second-order valence-corrected chi connectivity index (χ2v) is 7.60. The van der Waals surface area contributed by atoms with Crippen LogP contribution in [0.3, 0.4) is 0 Å². The summed E-state index contributed by atoms with van der Waals surface area (Å²) in [5, 5.41) is 0. The maximum atomic E-state index is 4.95. The fourth-order valence-corrected chi connectivity index (χ4v) is 3.61. The fourth-order valence-electron chi connectivity index (χ4n) is 3.61. The topological polar surface area (TPSA) is 17.8 Å². The minimum absolute atomic E-state index is 0.560. The number of rotatable bonds is 5. The molecule has 0 unspecified atom stereocenters. The van der Waals surface area contributed by atoms with Crippen LogP contribution in [0.2, 0.25) is 0 Å². The SMILES string of the molecule is Cc1ccccc1Cc1nc2ccccc2n1Cc1ccc(C(C)C)cc1. The summed E-state index contributed by atoms with van der Waals surface area (Å²) in [5.74, 6) is 1.68. The second-order valence-electron chi connectivity index (χ2n) is 7.60. The Morgan fingerprint density at radius 2 is 1.56 bits per heavy atom. The van der Waals surface area contributed by atoms with Gasteiger partial charge >= 0.3 is 0 Å². The number of hydrogen-bond acceptors (Lipinski definition) is 1. The standard InChI is InChI=1S/C25H26N2/c1-18(2)21-14-12-20(13-15-21)17-27-24-11-7-6-10-23(24)26-25(27)16-22-9-5-4-8-19(22)3/h4-15,18H,16-17H2,1-3H3. The Balaban J connectivity index is 1.73. The normalized spacial score (nSPS) is 11.4. The van der Waals surface area contributed by atoms with Crippen LogP contribution >= 0.6 is 0 Å². The molecule has 0 fully saturated rings. The van der Waals surface area contributed by atoms with Gasteiger partial charge < -0.3 is 4.57 Å². The van der Waals surface area contributed by atoms with Crippen LogP contribution in [0.15, 0.2) is 72.8 Å². The lowest BCUT2D eigenvalue weighted by Crippen LogP contribution is -2.07. The number of nitrogens with zero attached hydrogens (tertiary/aromatic N) is 2. The Kier molecular flexibility index (Phi) is 4.81. The van der Waals surface area contributed by atoms with E-state index in [-0.39, 0.29) is 0 Å². The quantitative estimate of drug-likeness (QED) is 0.423. The summed E-state index contributed by atoms with van der Waals surface area (Å²) in [6.07, 6.45) is 0.853. The van der Waals surface area contributed by atoms with Gasteiger partial charge in [-0.15, -0.1) is 0 Å². The van der Waals surface area contributed by atoms with Gasteiger partial charge in [0, 0.05) is 13.0 Å². The predicted molar refractivity (Wildman–Crippen MR) is 113 cm³/mol. The van der Waals surface area contributed by atoms with E-state index in [4.69, 9.17) is 4.98 Å². The number of aromatic nitrogens is 2. The molecule has 27 heavy (non-hydrogen) atoms. The maximum absolute atomic E-state index is 4.95. The van der Waals surface area contributed by atoms with Crippen molar-refractivity contribution in [3.05, 3.63) is 101 Å². The van der Waals surface area contributed by atoms with Crippen molar-refractivity contribution in [2.24, 2.45) is 0 Å². The number of fused-ring (bicyclic) bond motifs is 1. The molecule has 0 radical (unpaired) electrons. The number of para-hydroxylation sites is 2. The summed E-state index contributed by atoms with van der Waals surface area (Å²) < 4.78 is 2.37. The van der Waals surface area contributed by atoms with E-state index >= 15 is 0 Å². The lowest BCUT2D eigenvalue weighted by Gasteiger charge is -2.12. The van der Waals surface area contributed by atoms with Gasteiger partial charge in [-0.3, -0.25) is 0 Å². The highest BCUT2D eigenvalue weighted by atomic mass is 15.1. The molecule has 0 N–H and O–H groups in total. The largest absolute Gasteiger partial charge is 0.323 e. The molecule has 2 heteroatoms. The van der Waals surface area contributed by atoms with Crippen molar-refractivity contribution >= 4 is 11.0 Å². The molecule has 0 spiro atoms. The Bertz CT molecular complexity index is 1060. The van der Waals surface area contributed by atoms with Gasteiger partial charge in [0.15, 0.2) is 0 Å². The Labute approximate surface area is 161 Å². The molecule has 136 valence electrons. The van der Waals surface area contributed by atoms with Crippen LogP contribution in [-0.4, -0.2) is 9.55 Å². The van der Waals surface area contributed by atoms with E-state index in [0.29, 0.717) is 5.92 Å². The van der Waals surface area contributed by atoms with E-state index in [0.717, 1.165) is 24.3 Å². The predicted octanol–water partition coefficient (Wildman–Crippen LogP) is 6.11. The van der Waals surface area contributed by atoms with Crippen molar-refractivity contribution in [2.45, 2.75) is 39.7 Å². The van der Waals surface area contributed by atoms with Crippen molar-refractivity contribution in [2.75, 3.05) is 0 Å². The molecule has 0 bridgehead atoms. The number of aryl methyl sites for hydroxylation is 1. The van der Waals surface area contributed by atoms with Crippen LogP contribution in [0.1, 0.15) is 47.8 Å². The number of hydrogen-bond donors (Lipinski definition) is 0.